The number of methoxy groups -OCH3 is 1. The average Bonchev–Trinajstić information content (AvgIpc) is 2.89. The van der Waals surface area contributed by atoms with Crippen LogP contribution in [-0.2, 0) is 28.6 Å². The average molecular weight is 505 g/mol. The van der Waals surface area contributed by atoms with Gasteiger partial charge in [-0.2, -0.15) is 0 Å². The van der Waals surface area contributed by atoms with E-state index in [1.807, 2.05) is 12.1 Å². The van der Waals surface area contributed by atoms with E-state index >= 15 is 0 Å². The zero-order valence-electron chi connectivity index (χ0n) is 22.3. The van der Waals surface area contributed by atoms with Gasteiger partial charge in [0.25, 0.3) is 0 Å². The number of hydrogen-bond acceptors (Lipinski definition) is 7. The predicted molar refractivity (Wildman–Crippen MR) is 141 cm³/mol. The van der Waals surface area contributed by atoms with Gasteiger partial charge in [-0.15, -0.1) is 0 Å². The van der Waals surface area contributed by atoms with Crippen molar-refractivity contribution in [3.8, 4) is 5.75 Å². The van der Waals surface area contributed by atoms with E-state index < -0.39 is 12.1 Å². The van der Waals surface area contributed by atoms with Crippen LogP contribution in [-0.4, -0.2) is 44.3 Å². The highest BCUT2D eigenvalue weighted by Crippen LogP contribution is 2.13. The number of ether oxygens (including phenoxy) is 4. The van der Waals surface area contributed by atoms with Crippen molar-refractivity contribution in [2.75, 3.05) is 20.3 Å². The van der Waals surface area contributed by atoms with Gasteiger partial charge in [-0.25, -0.2) is 4.79 Å². The summed E-state index contributed by atoms with van der Waals surface area (Å²) in [7, 11) is 1.58. The van der Waals surface area contributed by atoms with E-state index in [1.165, 1.54) is 6.08 Å². The molecule has 0 aliphatic carbocycles. The third-order valence-electron chi connectivity index (χ3n) is 5.64. The van der Waals surface area contributed by atoms with Gasteiger partial charge in [-0.1, -0.05) is 77.3 Å². The number of hydrogen-bond donors (Lipinski definition) is 0. The van der Waals surface area contributed by atoms with Crippen LogP contribution in [0.4, 0.5) is 0 Å². The minimum absolute atomic E-state index is 0.153. The van der Waals surface area contributed by atoms with Crippen LogP contribution in [0.3, 0.4) is 0 Å². The molecule has 7 heteroatoms. The molecule has 36 heavy (non-hydrogen) atoms. The molecule has 1 rings (SSSR count). The first-order valence-corrected chi connectivity index (χ1v) is 13.3. The summed E-state index contributed by atoms with van der Waals surface area (Å²) in [5.74, 6) is -0.580. The minimum Gasteiger partial charge on any atom is -0.497 e. The summed E-state index contributed by atoms with van der Waals surface area (Å²) in [5, 5.41) is 0. The number of carbonyl (C=O) groups is 3. The lowest BCUT2D eigenvalue weighted by Gasteiger charge is -2.17. The van der Waals surface area contributed by atoms with E-state index in [4.69, 9.17) is 18.9 Å². The second kappa shape index (κ2) is 20.4. The van der Waals surface area contributed by atoms with Crippen LogP contribution in [0.1, 0.15) is 96.5 Å². The largest absolute Gasteiger partial charge is 0.497 e. The van der Waals surface area contributed by atoms with Gasteiger partial charge in [0.1, 0.15) is 19.0 Å². The molecule has 0 aliphatic heterocycles. The van der Waals surface area contributed by atoms with Gasteiger partial charge in [-0.3, -0.25) is 9.59 Å². The Morgan fingerprint density at radius 3 is 1.72 bits per heavy atom. The van der Waals surface area contributed by atoms with Crippen molar-refractivity contribution in [2.24, 2.45) is 0 Å². The third kappa shape index (κ3) is 16.0. The molecule has 1 aromatic rings. The van der Waals surface area contributed by atoms with E-state index in [2.05, 4.69) is 13.8 Å². The Bertz CT molecular complexity index is 740. The van der Waals surface area contributed by atoms with Crippen molar-refractivity contribution in [2.45, 2.75) is 97.0 Å². The Labute approximate surface area is 216 Å². The first-order valence-electron chi connectivity index (χ1n) is 13.3. The molecule has 0 radical (unpaired) electrons. The fourth-order valence-electron chi connectivity index (χ4n) is 3.46. The Morgan fingerprint density at radius 2 is 1.25 bits per heavy atom. The molecule has 0 fully saturated rings. The summed E-state index contributed by atoms with van der Waals surface area (Å²) in [6.45, 7) is 3.97. The topological polar surface area (TPSA) is 88.1 Å². The van der Waals surface area contributed by atoms with Crippen LogP contribution in [0.25, 0.3) is 6.08 Å². The monoisotopic (exact) mass is 504 g/mol. The molecular weight excluding hydrogens is 460 g/mol. The van der Waals surface area contributed by atoms with Gasteiger partial charge < -0.3 is 18.9 Å². The maximum Gasteiger partial charge on any atom is 0.331 e. The molecule has 0 atom stereocenters. The molecule has 0 saturated carbocycles. The summed E-state index contributed by atoms with van der Waals surface area (Å²) in [4.78, 5) is 36.6. The second-order valence-electron chi connectivity index (χ2n) is 8.86. The van der Waals surface area contributed by atoms with E-state index in [9.17, 15) is 14.4 Å². The standard InChI is InChI=1S/C29H44O7/c1-4-6-8-10-12-14-27(30)34-22-26(23-35-28(31)15-13-11-9-7-5-2)36-29(32)21-18-24-16-19-25(33-3)20-17-24/h16-21,26H,4-15,22-23H2,1-3H3/b21-18+. The highest BCUT2D eigenvalue weighted by Gasteiger charge is 2.18. The summed E-state index contributed by atoms with van der Waals surface area (Å²) < 4.78 is 21.2. The number of unbranched alkanes of at least 4 members (excludes halogenated alkanes) is 8. The maximum absolute atomic E-state index is 12.4. The van der Waals surface area contributed by atoms with Crippen LogP contribution in [0, 0.1) is 0 Å². The molecule has 0 spiro atoms. The lowest BCUT2D eigenvalue weighted by atomic mass is 10.1. The molecule has 0 bridgehead atoms. The summed E-state index contributed by atoms with van der Waals surface area (Å²) in [6, 6.07) is 7.20. The summed E-state index contributed by atoms with van der Waals surface area (Å²) in [6.07, 6.45) is 12.9. The molecule has 7 nitrogen and oxygen atoms in total. The Balaban J connectivity index is 2.55. The van der Waals surface area contributed by atoms with Crippen LogP contribution in [0.15, 0.2) is 30.3 Å². The first kappa shape index (κ1) is 31.2. The number of carbonyl (C=O) groups excluding carboxylic acids is 3. The van der Waals surface area contributed by atoms with Crippen LogP contribution in [0.5, 0.6) is 5.75 Å². The quantitative estimate of drug-likeness (QED) is 0.0875. The number of rotatable bonds is 20. The molecule has 0 heterocycles. The molecule has 0 aromatic heterocycles. The highest BCUT2D eigenvalue weighted by atomic mass is 16.6. The van der Waals surface area contributed by atoms with Crippen LogP contribution in [0.2, 0.25) is 0 Å². The van der Waals surface area contributed by atoms with E-state index in [0.29, 0.717) is 18.6 Å². The minimum atomic E-state index is -0.869. The normalized spacial score (nSPS) is 11.0. The predicted octanol–water partition coefficient (Wildman–Crippen LogP) is 6.43. The Morgan fingerprint density at radius 1 is 0.750 bits per heavy atom. The number of esters is 3. The summed E-state index contributed by atoms with van der Waals surface area (Å²) >= 11 is 0. The summed E-state index contributed by atoms with van der Waals surface area (Å²) in [5.41, 5.74) is 0.799. The van der Waals surface area contributed by atoms with Crippen molar-refractivity contribution in [3.05, 3.63) is 35.9 Å². The molecule has 0 aliphatic rings. The lowest BCUT2D eigenvalue weighted by molar-refractivity contribution is -0.163. The Hall–Kier alpha value is -2.83. The lowest BCUT2D eigenvalue weighted by Crippen LogP contribution is -2.30. The molecule has 0 saturated heterocycles. The third-order valence-corrected chi connectivity index (χ3v) is 5.64. The van der Waals surface area contributed by atoms with E-state index in [0.717, 1.165) is 69.8 Å². The van der Waals surface area contributed by atoms with Crippen molar-refractivity contribution >= 4 is 24.0 Å². The molecule has 0 N–H and O–H groups in total. The Kier molecular flexibility index (Phi) is 17.7. The van der Waals surface area contributed by atoms with Crippen molar-refractivity contribution in [1.82, 2.24) is 0 Å². The van der Waals surface area contributed by atoms with E-state index in [-0.39, 0.29) is 25.2 Å². The van der Waals surface area contributed by atoms with Gasteiger partial charge in [0, 0.05) is 18.9 Å². The fourth-order valence-corrected chi connectivity index (χ4v) is 3.46. The van der Waals surface area contributed by atoms with Crippen LogP contribution < -0.4 is 4.74 Å². The highest BCUT2D eigenvalue weighted by molar-refractivity contribution is 5.87. The smallest absolute Gasteiger partial charge is 0.331 e. The van der Waals surface area contributed by atoms with Crippen molar-refractivity contribution in [1.29, 1.82) is 0 Å². The zero-order chi connectivity index (χ0) is 26.4. The van der Waals surface area contributed by atoms with Gasteiger partial charge in [0.15, 0.2) is 6.10 Å². The van der Waals surface area contributed by atoms with Crippen molar-refractivity contribution in [3.63, 3.8) is 0 Å². The second-order valence-corrected chi connectivity index (χ2v) is 8.86. The molecule has 1 aromatic carbocycles. The van der Waals surface area contributed by atoms with Gasteiger partial charge in [-0.05, 0) is 36.6 Å². The molecule has 0 unspecified atom stereocenters. The molecule has 202 valence electrons. The fraction of sp³-hybridized carbons (Fsp3) is 0.621. The van der Waals surface area contributed by atoms with E-state index in [1.54, 1.807) is 25.3 Å². The van der Waals surface area contributed by atoms with Crippen LogP contribution >= 0.6 is 0 Å². The first-order chi connectivity index (χ1) is 17.5. The van der Waals surface area contributed by atoms with Gasteiger partial charge in [0.05, 0.1) is 7.11 Å². The maximum atomic E-state index is 12.4. The van der Waals surface area contributed by atoms with Gasteiger partial charge in [0.2, 0.25) is 0 Å². The van der Waals surface area contributed by atoms with Gasteiger partial charge >= 0.3 is 17.9 Å². The van der Waals surface area contributed by atoms with Crippen molar-refractivity contribution < 1.29 is 33.3 Å². The number of benzene rings is 1. The SMILES string of the molecule is CCCCCCCC(=O)OCC(COC(=O)CCCCCCC)OC(=O)/C=C/c1ccc(OC)cc1. The molecule has 0 amide bonds. The molecular formula is C29H44O7. The zero-order valence-corrected chi connectivity index (χ0v) is 22.3.